The van der Waals surface area contributed by atoms with Crippen LogP contribution >= 0.6 is 0 Å². The molecule has 22 heavy (non-hydrogen) atoms. The van der Waals surface area contributed by atoms with Gasteiger partial charge >= 0.3 is 6.09 Å². The van der Waals surface area contributed by atoms with Gasteiger partial charge in [-0.3, -0.25) is 5.32 Å². The normalized spacial score (nSPS) is 13.0. The quantitative estimate of drug-likeness (QED) is 0.730. The summed E-state index contributed by atoms with van der Waals surface area (Å²) >= 11 is 0. The molecule has 1 amide bonds. The Balaban J connectivity index is 3.17. The molecule has 0 bridgehead atoms. The fourth-order valence-corrected chi connectivity index (χ4v) is 1.99. The Morgan fingerprint density at radius 2 is 1.23 bits per heavy atom. The molecule has 0 aliphatic rings. The van der Waals surface area contributed by atoms with E-state index in [9.17, 15) is 4.79 Å². The number of carbonyl (C=O) groups excluding carboxylic acids is 1. The molecule has 0 aromatic heterocycles. The van der Waals surface area contributed by atoms with Crippen LogP contribution in [0.3, 0.4) is 0 Å². The average molecular weight is 305 g/mol. The minimum atomic E-state index is -0.501. The maximum atomic E-state index is 12.0. The number of anilines is 1. The van der Waals surface area contributed by atoms with Gasteiger partial charge in [-0.1, -0.05) is 47.6 Å². The Morgan fingerprint density at radius 3 is 1.55 bits per heavy atom. The number of amides is 1. The standard InChI is InChI=1S/C19H31NO2/c1-17(2,3)13-10-14(18(4,5)6)12-15(11-13)20-16(21)22-19(7,8)9/h10-12H,1-9H3,(H,20,21). The maximum Gasteiger partial charge on any atom is 0.412 e. The van der Waals surface area contributed by atoms with Crippen LogP contribution in [0.2, 0.25) is 0 Å². The summed E-state index contributed by atoms with van der Waals surface area (Å²) in [4.78, 5) is 12.0. The van der Waals surface area contributed by atoms with Gasteiger partial charge in [0.05, 0.1) is 0 Å². The molecule has 0 aliphatic heterocycles. The second-order valence-corrected chi connectivity index (χ2v) is 8.93. The number of hydrogen-bond acceptors (Lipinski definition) is 2. The zero-order valence-electron chi connectivity index (χ0n) is 15.5. The highest BCUT2D eigenvalue weighted by atomic mass is 16.6. The first-order valence-electron chi connectivity index (χ1n) is 7.84. The third-order valence-corrected chi connectivity index (χ3v) is 3.31. The first kappa shape index (κ1) is 18.5. The van der Waals surface area contributed by atoms with Crippen LogP contribution in [-0.2, 0) is 15.6 Å². The van der Waals surface area contributed by atoms with E-state index in [1.54, 1.807) is 0 Å². The van der Waals surface area contributed by atoms with E-state index in [1.807, 2.05) is 32.9 Å². The van der Waals surface area contributed by atoms with Crippen LogP contribution in [0.1, 0.15) is 73.4 Å². The summed E-state index contributed by atoms with van der Waals surface area (Å²) in [6, 6.07) is 6.28. The smallest absolute Gasteiger partial charge is 0.412 e. The highest BCUT2D eigenvalue weighted by molar-refractivity contribution is 5.85. The van der Waals surface area contributed by atoms with Crippen LogP contribution in [0.4, 0.5) is 10.5 Å². The van der Waals surface area contributed by atoms with Crippen molar-refractivity contribution in [3.05, 3.63) is 29.3 Å². The van der Waals surface area contributed by atoms with Crippen molar-refractivity contribution in [2.75, 3.05) is 5.32 Å². The van der Waals surface area contributed by atoms with E-state index in [-0.39, 0.29) is 10.8 Å². The summed E-state index contributed by atoms with van der Waals surface area (Å²) in [7, 11) is 0. The van der Waals surface area contributed by atoms with Crippen molar-refractivity contribution in [3.8, 4) is 0 Å². The second kappa shape index (κ2) is 5.94. The second-order valence-electron chi connectivity index (χ2n) is 8.93. The lowest BCUT2D eigenvalue weighted by Crippen LogP contribution is -2.27. The Kier molecular flexibility index (Phi) is 5.01. The monoisotopic (exact) mass is 305 g/mol. The summed E-state index contributed by atoms with van der Waals surface area (Å²) in [6.07, 6.45) is -0.418. The van der Waals surface area contributed by atoms with E-state index in [1.165, 1.54) is 11.1 Å². The van der Waals surface area contributed by atoms with Gasteiger partial charge < -0.3 is 4.74 Å². The summed E-state index contributed by atoms with van der Waals surface area (Å²) in [6.45, 7) is 18.6. The lowest BCUT2D eigenvalue weighted by atomic mass is 9.80. The van der Waals surface area contributed by atoms with E-state index in [0.717, 1.165) is 5.69 Å². The number of nitrogens with one attached hydrogen (secondary N) is 1. The van der Waals surface area contributed by atoms with Crippen molar-refractivity contribution in [3.63, 3.8) is 0 Å². The molecule has 0 fully saturated rings. The van der Waals surface area contributed by atoms with Crippen molar-refractivity contribution < 1.29 is 9.53 Å². The number of ether oxygens (including phenoxy) is 1. The van der Waals surface area contributed by atoms with E-state index in [4.69, 9.17) is 4.74 Å². The van der Waals surface area contributed by atoms with Gasteiger partial charge in [0.15, 0.2) is 0 Å². The van der Waals surface area contributed by atoms with Crippen LogP contribution in [0.5, 0.6) is 0 Å². The summed E-state index contributed by atoms with van der Waals surface area (Å²) < 4.78 is 5.34. The molecule has 3 nitrogen and oxygen atoms in total. The minimum absolute atomic E-state index is 0.0195. The maximum absolute atomic E-state index is 12.0. The molecule has 1 aromatic carbocycles. The highest BCUT2D eigenvalue weighted by Gasteiger charge is 2.22. The van der Waals surface area contributed by atoms with Crippen molar-refractivity contribution >= 4 is 11.8 Å². The molecule has 0 unspecified atom stereocenters. The predicted octanol–water partition coefficient (Wildman–Crippen LogP) is 5.63. The van der Waals surface area contributed by atoms with Crippen LogP contribution in [0.15, 0.2) is 18.2 Å². The molecule has 1 aromatic rings. The summed E-state index contributed by atoms with van der Waals surface area (Å²) in [5.41, 5.74) is 2.72. The van der Waals surface area contributed by atoms with E-state index in [2.05, 4.69) is 52.9 Å². The van der Waals surface area contributed by atoms with Gasteiger partial charge in [0.25, 0.3) is 0 Å². The third-order valence-electron chi connectivity index (χ3n) is 3.31. The highest BCUT2D eigenvalue weighted by Crippen LogP contribution is 2.32. The first-order valence-corrected chi connectivity index (χ1v) is 7.84. The zero-order chi connectivity index (χ0) is 17.3. The van der Waals surface area contributed by atoms with Crippen LogP contribution in [0, 0.1) is 0 Å². The third kappa shape index (κ3) is 5.70. The fraction of sp³-hybridized carbons (Fsp3) is 0.632. The van der Waals surface area contributed by atoms with Crippen molar-refractivity contribution in [1.82, 2.24) is 0 Å². The van der Waals surface area contributed by atoms with Gasteiger partial charge in [-0.25, -0.2) is 4.79 Å². The fourth-order valence-electron chi connectivity index (χ4n) is 1.99. The molecule has 1 rings (SSSR count). The topological polar surface area (TPSA) is 38.3 Å². The van der Waals surface area contributed by atoms with Crippen LogP contribution in [0.25, 0.3) is 0 Å². The van der Waals surface area contributed by atoms with Gasteiger partial charge in [-0.2, -0.15) is 0 Å². The van der Waals surface area contributed by atoms with E-state index < -0.39 is 11.7 Å². The van der Waals surface area contributed by atoms with Gasteiger partial charge in [0, 0.05) is 5.69 Å². The molecule has 124 valence electrons. The van der Waals surface area contributed by atoms with Crippen LogP contribution < -0.4 is 5.32 Å². The molecule has 3 heteroatoms. The molecule has 0 saturated carbocycles. The van der Waals surface area contributed by atoms with Gasteiger partial charge in [-0.15, -0.1) is 0 Å². The molecule has 0 radical (unpaired) electrons. The molecular formula is C19H31NO2. The van der Waals surface area contributed by atoms with Crippen molar-refractivity contribution in [2.24, 2.45) is 0 Å². The predicted molar refractivity (Wildman–Crippen MR) is 93.7 cm³/mol. The molecule has 0 aliphatic carbocycles. The Labute approximate surface area is 135 Å². The zero-order valence-corrected chi connectivity index (χ0v) is 15.5. The Bertz CT molecular complexity index is 508. The van der Waals surface area contributed by atoms with Gasteiger partial charge in [0.2, 0.25) is 0 Å². The Morgan fingerprint density at radius 1 is 0.818 bits per heavy atom. The average Bonchev–Trinajstić information content (AvgIpc) is 2.23. The summed E-state index contributed by atoms with van der Waals surface area (Å²) in [5.74, 6) is 0. The summed E-state index contributed by atoms with van der Waals surface area (Å²) in [5, 5.41) is 2.86. The van der Waals surface area contributed by atoms with Crippen molar-refractivity contribution in [1.29, 1.82) is 0 Å². The van der Waals surface area contributed by atoms with E-state index in [0.29, 0.717) is 0 Å². The lowest BCUT2D eigenvalue weighted by molar-refractivity contribution is 0.0636. The molecule has 0 saturated heterocycles. The largest absolute Gasteiger partial charge is 0.444 e. The number of rotatable bonds is 1. The van der Waals surface area contributed by atoms with Crippen molar-refractivity contribution in [2.45, 2.75) is 78.7 Å². The Hall–Kier alpha value is -1.51. The number of carbonyl (C=O) groups is 1. The molecular weight excluding hydrogens is 274 g/mol. The van der Waals surface area contributed by atoms with Gasteiger partial charge in [-0.05, 0) is 54.9 Å². The molecule has 0 spiro atoms. The molecule has 1 N–H and O–H groups in total. The number of benzene rings is 1. The molecule has 0 atom stereocenters. The van der Waals surface area contributed by atoms with Gasteiger partial charge in [0.1, 0.15) is 5.60 Å². The first-order chi connectivity index (χ1) is 9.68. The van der Waals surface area contributed by atoms with E-state index >= 15 is 0 Å². The number of hydrogen-bond donors (Lipinski definition) is 1. The molecule has 0 heterocycles. The lowest BCUT2D eigenvalue weighted by Gasteiger charge is -2.26. The van der Waals surface area contributed by atoms with Crippen LogP contribution in [-0.4, -0.2) is 11.7 Å². The minimum Gasteiger partial charge on any atom is -0.444 e. The SMILES string of the molecule is CC(C)(C)OC(=O)Nc1cc(C(C)(C)C)cc(C(C)(C)C)c1.